The Balaban J connectivity index is 2.20. The van der Waals surface area contributed by atoms with Crippen molar-refractivity contribution in [1.29, 1.82) is 0 Å². The number of amides is 1. The van der Waals surface area contributed by atoms with Gasteiger partial charge in [0, 0.05) is 11.8 Å². The van der Waals surface area contributed by atoms with Gasteiger partial charge < -0.3 is 15.5 Å². The predicted octanol–water partition coefficient (Wildman–Crippen LogP) is 2.35. The average molecular weight is 229 g/mol. The van der Waals surface area contributed by atoms with Gasteiger partial charge in [0.1, 0.15) is 11.5 Å². The summed E-state index contributed by atoms with van der Waals surface area (Å²) in [6, 6.07) is 12.5. The van der Waals surface area contributed by atoms with Gasteiger partial charge in [0.05, 0.1) is 5.56 Å². The van der Waals surface area contributed by atoms with Gasteiger partial charge in [-0.05, 0) is 24.3 Å². The number of hydrogen-bond acceptors (Lipinski definition) is 3. The van der Waals surface area contributed by atoms with E-state index in [2.05, 4.69) is 5.32 Å². The number of rotatable bonds is 2. The number of anilines is 1. The molecule has 2 aromatic rings. The number of aromatic hydroxyl groups is 2. The minimum Gasteiger partial charge on any atom is -0.508 e. The molecule has 0 heterocycles. The second kappa shape index (κ2) is 4.57. The van der Waals surface area contributed by atoms with Crippen LogP contribution in [0.1, 0.15) is 10.4 Å². The fraction of sp³-hybridized carbons (Fsp3) is 0. The summed E-state index contributed by atoms with van der Waals surface area (Å²) in [6.07, 6.45) is 0. The first kappa shape index (κ1) is 11.0. The summed E-state index contributed by atoms with van der Waals surface area (Å²) in [6.45, 7) is 0. The summed E-state index contributed by atoms with van der Waals surface area (Å²) in [5.74, 6) is -0.432. The Morgan fingerprint density at radius 3 is 2.47 bits per heavy atom. The van der Waals surface area contributed by atoms with Gasteiger partial charge in [0.25, 0.3) is 5.91 Å². The minimum atomic E-state index is -0.422. The summed E-state index contributed by atoms with van der Waals surface area (Å²) < 4.78 is 0. The fourth-order valence-corrected chi connectivity index (χ4v) is 1.45. The smallest absolute Gasteiger partial charge is 0.259 e. The molecule has 2 rings (SSSR count). The fourth-order valence-electron chi connectivity index (χ4n) is 1.45. The van der Waals surface area contributed by atoms with Gasteiger partial charge in [0.2, 0.25) is 0 Å². The quantitative estimate of drug-likeness (QED) is 0.740. The monoisotopic (exact) mass is 229 g/mol. The molecule has 0 aromatic heterocycles. The topological polar surface area (TPSA) is 69.6 Å². The highest BCUT2D eigenvalue weighted by Crippen LogP contribution is 2.19. The summed E-state index contributed by atoms with van der Waals surface area (Å²) in [5, 5.41) is 21.3. The van der Waals surface area contributed by atoms with E-state index in [1.54, 1.807) is 24.3 Å². The van der Waals surface area contributed by atoms with Crippen molar-refractivity contribution < 1.29 is 15.0 Å². The zero-order valence-corrected chi connectivity index (χ0v) is 8.92. The lowest BCUT2D eigenvalue weighted by atomic mass is 10.2. The molecule has 0 aliphatic rings. The second-order valence-electron chi connectivity index (χ2n) is 3.52. The number of carbonyl (C=O) groups is 1. The van der Waals surface area contributed by atoms with E-state index in [0.29, 0.717) is 5.69 Å². The first-order valence-electron chi connectivity index (χ1n) is 5.05. The Bertz CT molecular complexity index is 552. The summed E-state index contributed by atoms with van der Waals surface area (Å²) >= 11 is 0. The molecule has 0 fully saturated rings. The molecule has 0 aliphatic heterocycles. The molecular formula is C13H11NO3. The van der Waals surface area contributed by atoms with Gasteiger partial charge >= 0.3 is 0 Å². The lowest BCUT2D eigenvalue weighted by Gasteiger charge is -2.06. The third-order valence-electron chi connectivity index (χ3n) is 2.25. The molecule has 0 saturated carbocycles. The van der Waals surface area contributed by atoms with Crippen molar-refractivity contribution in [1.82, 2.24) is 0 Å². The molecule has 4 nitrogen and oxygen atoms in total. The van der Waals surface area contributed by atoms with Crippen LogP contribution in [0.5, 0.6) is 11.5 Å². The molecule has 0 bridgehead atoms. The number of hydrogen-bond donors (Lipinski definition) is 3. The normalized spacial score (nSPS) is 9.88. The van der Waals surface area contributed by atoms with Crippen molar-refractivity contribution in [3.8, 4) is 11.5 Å². The molecule has 0 spiro atoms. The van der Waals surface area contributed by atoms with Crippen molar-refractivity contribution in [3.05, 3.63) is 54.1 Å². The lowest BCUT2D eigenvalue weighted by Crippen LogP contribution is -2.11. The first-order chi connectivity index (χ1) is 8.16. The number of phenols is 2. The maximum absolute atomic E-state index is 11.8. The molecule has 2 aromatic carbocycles. The van der Waals surface area contributed by atoms with E-state index in [4.69, 9.17) is 0 Å². The van der Waals surface area contributed by atoms with Crippen LogP contribution in [0.25, 0.3) is 0 Å². The molecule has 0 unspecified atom stereocenters. The van der Waals surface area contributed by atoms with Crippen LogP contribution in [-0.2, 0) is 0 Å². The van der Waals surface area contributed by atoms with Gasteiger partial charge in [-0.1, -0.05) is 18.2 Å². The van der Waals surface area contributed by atoms with Crippen LogP contribution in [-0.4, -0.2) is 16.1 Å². The number of benzene rings is 2. The van der Waals surface area contributed by atoms with Gasteiger partial charge in [0.15, 0.2) is 0 Å². The summed E-state index contributed by atoms with van der Waals surface area (Å²) in [5.41, 5.74) is 0.661. The van der Waals surface area contributed by atoms with E-state index in [1.165, 1.54) is 24.3 Å². The van der Waals surface area contributed by atoms with Crippen molar-refractivity contribution in [2.75, 3.05) is 5.32 Å². The van der Waals surface area contributed by atoms with Crippen LogP contribution in [0.3, 0.4) is 0 Å². The highest BCUT2D eigenvalue weighted by Gasteiger charge is 2.10. The van der Waals surface area contributed by atoms with Gasteiger partial charge in [-0.15, -0.1) is 0 Å². The van der Waals surface area contributed by atoms with Crippen LogP contribution in [0, 0.1) is 0 Å². The van der Waals surface area contributed by atoms with Crippen molar-refractivity contribution >= 4 is 11.6 Å². The lowest BCUT2D eigenvalue weighted by molar-refractivity contribution is 0.102. The average Bonchev–Trinajstić information content (AvgIpc) is 2.29. The van der Waals surface area contributed by atoms with Gasteiger partial charge in [-0.2, -0.15) is 0 Å². The van der Waals surface area contributed by atoms with Crippen molar-refractivity contribution in [3.63, 3.8) is 0 Å². The number of para-hydroxylation sites is 1. The highest BCUT2D eigenvalue weighted by atomic mass is 16.3. The van der Waals surface area contributed by atoms with Crippen molar-refractivity contribution in [2.45, 2.75) is 0 Å². The van der Waals surface area contributed by atoms with E-state index in [0.717, 1.165) is 0 Å². The molecule has 1 amide bonds. The molecular weight excluding hydrogens is 218 g/mol. The van der Waals surface area contributed by atoms with Gasteiger partial charge in [-0.25, -0.2) is 0 Å². The standard InChI is InChI=1S/C13H11NO3/c15-10-5-3-4-9(8-10)14-13(17)11-6-1-2-7-12(11)16/h1-8,15-16H,(H,14,17). The molecule has 0 radical (unpaired) electrons. The van der Waals surface area contributed by atoms with Crippen LogP contribution in [0.2, 0.25) is 0 Å². The van der Waals surface area contributed by atoms with Crippen LogP contribution in [0.15, 0.2) is 48.5 Å². The molecule has 0 aliphatic carbocycles. The van der Waals surface area contributed by atoms with E-state index in [-0.39, 0.29) is 17.1 Å². The Morgan fingerprint density at radius 2 is 1.76 bits per heavy atom. The van der Waals surface area contributed by atoms with Crippen LogP contribution in [0.4, 0.5) is 5.69 Å². The summed E-state index contributed by atoms with van der Waals surface area (Å²) in [4.78, 5) is 11.8. The number of nitrogens with one attached hydrogen (secondary N) is 1. The SMILES string of the molecule is O=C(Nc1cccc(O)c1)c1ccccc1O. The van der Waals surface area contributed by atoms with E-state index >= 15 is 0 Å². The van der Waals surface area contributed by atoms with E-state index < -0.39 is 5.91 Å². The molecule has 0 atom stereocenters. The zero-order valence-electron chi connectivity index (χ0n) is 8.92. The Labute approximate surface area is 98.2 Å². The largest absolute Gasteiger partial charge is 0.508 e. The van der Waals surface area contributed by atoms with Crippen LogP contribution < -0.4 is 5.32 Å². The van der Waals surface area contributed by atoms with E-state index in [1.807, 2.05) is 0 Å². The molecule has 3 N–H and O–H groups in total. The second-order valence-corrected chi connectivity index (χ2v) is 3.52. The Kier molecular flexibility index (Phi) is 2.96. The third kappa shape index (κ3) is 2.55. The molecule has 86 valence electrons. The first-order valence-corrected chi connectivity index (χ1v) is 5.05. The minimum absolute atomic E-state index is 0.0695. The Hall–Kier alpha value is -2.49. The number of phenolic OH excluding ortho intramolecular Hbond substituents is 2. The van der Waals surface area contributed by atoms with Crippen LogP contribution >= 0.6 is 0 Å². The maximum atomic E-state index is 11.8. The van der Waals surface area contributed by atoms with Gasteiger partial charge in [-0.3, -0.25) is 4.79 Å². The molecule has 0 saturated heterocycles. The third-order valence-corrected chi connectivity index (χ3v) is 2.25. The maximum Gasteiger partial charge on any atom is 0.259 e. The highest BCUT2D eigenvalue weighted by molar-refractivity contribution is 6.06. The zero-order chi connectivity index (χ0) is 12.3. The predicted molar refractivity (Wildman–Crippen MR) is 64.2 cm³/mol. The van der Waals surface area contributed by atoms with Crippen molar-refractivity contribution in [2.24, 2.45) is 0 Å². The van der Waals surface area contributed by atoms with E-state index in [9.17, 15) is 15.0 Å². The Morgan fingerprint density at radius 1 is 1.00 bits per heavy atom. The summed E-state index contributed by atoms with van der Waals surface area (Å²) in [7, 11) is 0. The molecule has 17 heavy (non-hydrogen) atoms. The molecule has 4 heteroatoms. The number of carbonyl (C=O) groups excluding carboxylic acids is 1.